The summed E-state index contributed by atoms with van der Waals surface area (Å²) in [6.07, 6.45) is 6.19. The average molecular weight is 411 g/mol. The van der Waals surface area contributed by atoms with E-state index in [0.717, 1.165) is 36.6 Å². The van der Waals surface area contributed by atoms with Crippen molar-refractivity contribution in [1.29, 1.82) is 0 Å². The molecule has 0 spiro atoms. The van der Waals surface area contributed by atoms with E-state index in [4.69, 9.17) is 0 Å². The Hall–Kier alpha value is -1.97. The second kappa shape index (κ2) is 7.03. The third-order valence-corrected chi connectivity index (χ3v) is 8.07. The molecule has 1 heterocycles. The van der Waals surface area contributed by atoms with Gasteiger partial charge in [0.2, 0.25) is 5.91 Å². The number of nitrogens with zero attached hydrogens (tertiary/aromatic N) is 1. The van der Waals surface area contributed by atoms with Crippen molar-refractivity contribution in [3.8, 4) is 0 Å². The number of halogens is 1. The Morgan fingerprint density at radius 1 is 1.13 bits per heavy atom. The van der Waals surface area contributed by atoms with Gasteiger partial charge >= 0.3 is 0 Å². The third-order valence-electron chi connectivity index (χ3n) is 8.07. The Labute approximate surface area is 179 Å². The molecule has 0 bridgehead atoms. The second-order valence-electron chi connectivity index (χ2n) is 11.5. The molecule has 2 aliphatic carbocycles. The van der Waals surface area contributed by atoms with Gasteiger partial charge in [0.1, 0.15) is 5.82 Å². The van der Waals surface area contributed by atoms with E-state index < -0.39 is 0 Å². The fourth-order valence-electron chi connectivity index (χ4n) is 6.31. The highest BCUT2D eigenvalue weighted by Gasteiger charge is 2.59. The van der Waals surface area contributed by atoms with E-state index in [1.54, 1.807) is 12.1 Å². The summed E-state index contributed by atoms with van der Waals surface area (Å²) in [5, 5.41) is 4.11. The zero-order chi connectivity index (χ0) is 21.9. The molecule has 1 N–H and O–H groups in total. The number of nitrogens with one attached hydrogen (secondary N) is 1. The fraction of sp³-hybridized carbons (Fsp3) is 0.615. The summed E-state index contributed by atoms with van der Waals surface area (Å²) in [5.74, 6) is 0.817. The summed E-state index contributed by atoms with van der Waals surface area (Å²) in [5.41, 5.74) is 2.29. The molecule has 4 heteroatoms. The maximum absolute atomic E-state index is 14.0. The van der Waals surface area contributed by atoms with Crippen LogP contribution in [-0.4, -0.2) is 16.4 Å². The van der Waals surface area contributed by atoms with Gasteiger partial charge in [0.15, 0.2) is 0 Å². The molecular weight excluding hydrogens is 375 g/mol. The molecule has 2 aliphatic rings. The monoisotopic (exact) mass is 410 g/mol. The Kier molecular flexibility index (Phi) is 4.99. The maximum atomic E-state index is 14.0. The highest BCUT2D eigenvalue weighted by Crippen LogP contribution is 2.68. The fourth-order valence-corrected chi connectivity index (χ4v) is 6.31. The number of benzene rings is 1. The van der Waals surface area contributed by atoms with E-state index in [2.05, 4.69) is 37.1 Å². The largest absolute Gasteiger partial charge is 0.351 e. The van der Waals surface area contributed by atoms with Crippen molar-refractivity contribution in [2.45, 2.75) is 78.7 Å². The van der Waals surface area contributed by atoms with E-state index in [1.807, 2.05) is 27.0 Å². The number of fused-ring (bicyclic) bond motifs is 2. The van der Waals surface area contributed by atoms with Gasteiger partial charge in [-0.2, -0.15) is 0 Å². The van der Waals surface area contributed by atoms with Crippen LogP contribution in [0.15, 0.2) is 30.5 Å². The number of hydrogen-bond donors (Lipinski definition) is 1. The van der Waals surface area contributed by atoms with Gasteiger partial charge in [-0.05, 0) is 98.9 Å². The molecule has 2 unspecified atom stereocenters. The van der Waals surface area contributed by atoms with Crippen LogP contribution in [0.5, 0.6) is 0 Å². The van der Waals surface area contributed by atoms with Gasteiger partial charge < -0.3 is 5.32 Å². The van der Waals surface area contributed by atoms with Gasteiger partial charge in [-0.1, -0.05) is 20.8 Å². The predicted octanol–water partition coefficient (Wildman–Crippen LogP) is 6.22. The predicted molar refractivity (Wildman–Crippen MR) is 120 cm³/mol. The van der Waals surface area contributed by atoms with E-state index in [1.165, 1.54) is 11.6 Å². The maximum Gasteiger partial charge on any atom is 0.223 e. The minimum Gasteiger partial charge on any atom is -0.351 e. The molecule has 0 saturated heterocycles. The number of carbonyl (C=O) groups is 1. The summed E-state index contributed by atoms with van der Waals surface area (Å²) in [4.78, 5) is 17.2. The van der Waals surface area contributed by atoms with E-state index >= 15 is 0 Å². The quantitative estimate of drug-likeness (QED) is 0.652. The molecule has 1 amide bonds. The highest BCUT2D eigenvalue weighted by molar-refractivity contribution is 5.82. The number of hydrogen-bond acceptors (Lipinski definition) is 2. The molecule has 2 saturated carbocycles. The molecule has 162 valence electrons. The highest BCUT2D eigenvalue weighted by atomic mass is 19.1. The lowest BCUT2D eigenvalue weighted by Gasteiger charge is -2.34. The summed E-state index contributed by atoms with van der Waals surface area (Å²) < 4.78 is 14.0. The van der Waals surface area contributed by atoms with Crippen LogP contribution >= 0.6 is 0 Å². The molecule has 4 rings (SSSR count). The minimum atomic E-state index is -0.203. The molecule has 1 aromatic carbocycles. The average Bonchev–Trinajstić information content (AvgIpc) is 3.03. The van der Waals surface area contributed by atoms with Crippen LogP contribution in [0.1, 0.15) is 78.7 Å². The zero-order valence-electron chi connectivity index (χ0n) is 19.2. The molecular formula is C26H35FN2O. The van der Waals surface area contributed by atoms with Crippen molar-refractivity contribution < 1.29 is 9.18 Å². The summed E-state index contributed by atoms with van der Waals surface area (Å²) in [7, 11) is 0. The van der Waals surface area contributed by atoms with Gasteiger partial charge in [0, 0.05) is 23.0 Å². The number of pyridine rings is 1. The van der Waals surface area contributed by atoms with Crippen LogP contribution < -0.4 is 5.32 Å². The van der Waals surface area contributed by atoms with Crippen molar-refractivity contribution in [3.05, 3.63) is 41.8 Å². The van der Waals surface area contributed by atoms with Gasteiger partial charge in [-0.15, -0.1) is 0 Å². The molecule has 0 aliphatic heterocycles. The SMILES string of the molecule is CC(C(=O)NC(C)(C)C)C1C[C@@]2(C)C[C@@H](c3ccnc4ccc(F)cc34)C[C@@]2(C)C1. The summed E-state index contributed by atoms with van der Waals surface area (Å²) in [6, 6.07) is 6.98. The van der Waals surface area contributed by atoms with Gasteiger partial charge in [0.25, 0.3) is 0 Å². The van der Waals surface area contributed by atoms with E-state index in [0.29, 0.717) is 11.8 Å². The third kappa shape index (κ3) is 3.63. The minimum absolute atomic E-state index is 0.0257. The molecule has 1 aromatic heterocycles. The zero-order valence-corrected chi connectivity index (χ0v) is 19.2. The van der Waals surface area contributed by atoms with Crippen LogP contribution in [0.4, 0.5) is 4.39 Å². The van der Waals surface area contributed by atoms with Crippen LogP contribution in [0.3, 0.4) is 0 Å². The molecule has 2 aromatic rings. The van der Waals surface area contributed by atoms with Crippen molar-refractivity contribution in [2.24, 2.45) is 22.7 Å². The first kappa shape index (κ1) is 21.3. The van der Waals surface area contributed by atoms with Crippen molar-refractivity contribution >= 4 is 16.8 Å². The topological polar surface area (TPSA) is 42.0 Å². The second-order valence-corrected chi connectivity index (χ2v) is 11.5. The summed E-state index contributed by atoms with van der Waals surface area (Å²) >= 11 is 0. The summed E-state index contributed by atoms with van der Waals surface area (Å²) in [6.45, 7) is 13.0. The van der Waals surface area contributed by atoms with Gasteiger partial charge in [-0.3, -0.25) is 9.78 Å². The van der Waals surface area contributed by atoms with Crippen LogP contribution in [0, 0.1) is 28.5 Å². The normalized spacial score (nSPS) is 32.2. The smallest absolute Gasteiger partial charge is 0.223 e. The first-order valence-corrected chi connectivity index (χ1v) is 11.3. The van der Waals surface area contributed by atoms with Crippen LogP contribution in [-0.2, 0) is 4.79 Å². The Morgan fingerprint density at radius 3 is 2.37 bits per heavy atom. The van der Waals surface area contributed by atoms with E-state index in [9.17, 15) is 9.18 Å². The molecule has 30 heavy (non-hydrogen) atoms. The molecule has 3 nitrogen and oxygen atoms in total. The number of aromatic nitrogens is 1. The van der Waals surface area contributed by atoms with Crippen LogP contribution in [0.2, 0.25) is 0 Å². The lowest BCUT2D eigenvalue weighted by Crippen LogP contribution is -2.44. The number of rotatable bonds is 3. The molecule has 2 fully saturated rings. The first-order chi connectivity index (χ1) is 13.9. The lowest BCUT2D eigenvalue weighted by molar-refractivity contribution is -0.127. The van der Waals surface area contributed by atoms with Crippen molar-refractivity contribution in [3.63, 3.8) is 0 Å². The Bertz CT molecular complexity index is 961. The van der Waals surface area contributed by atoms with Crippen LogP contribution in [0.25, 0.3) is 10.9 Å². The molecule has 0 radical (unpaired) electrons. The number of amides is 1. The first-order valence-electron chi connectivity index (χ1n) is 11.3. The Morgan fingerprint density at radius 2 is 1.77 bits per heavy atom. The van der Waals surface area contributed by atoms with E-state index in [-0.39, 0.29) is 34.0 Å². The lowest BCUT2D eigenvalue weighted by atomic mass is 9.71. The van der Waals surface area contributed by atoms with Crippen molar-refractivity contribution in [1.82, 2.24) is 10.3 Å². The van der Waals surface area contributed by atoms with Crippen molar-refractivity contribution in [2.75, 3.05) is 0 Å². The standard InChI is InChI=1S/C26H35FN2O/c1-16(23(30)29-24(2,3)4)17-12-25(5)14-18(15-26(25,6)13-17)20-9-10-28-22-8-7-19(27)11-21(20)22/h7-11,16-18H,12-15H2,1-6H3,(H,29,30)/t16?,17?,18-,25+,26-. The Balaban J connectivity index is 1.56. The van der Waals surface area contributed by atoms with Gasteiger partial charge in [-0.25, -0.2) is 4.39 Å². The molecule has 5 atom stereocenters. The number of carbonyl (C=O) groups excluding carboxylic acids is 1. The van der Waals surface area contributed by atoms with Gasteiger partial charge in [0.05, 0.1) is 5.52 Å².